The summed E-state index contributed by atoms with van der Waals surface area (Å²) in [4.78, 5) is 4.64. The van der Waals surface area contributed by atoms with E-state index >= 15 is 0 Å². The van der Waals surface area contributed by atoms with Gasteiger partial charge in [-0.25, -0.2) is 9.50 Å². The number of pyridine rings is 1. The van der Waals surface area contributed by atoms with E-state index in [4.69, 9.17) is 10.00 Å². The fraction of sp³-hybridized carbons (Fsp3) is 0.235. The molecule has 5 nitrogen and oxygen atoms in total. The van der Waals surface area contributed by atoms with Gasteiger partial charge in [0.25, 0.3) is 0 Å². The average molecular weight is 290 g/mol. The number of fused-ring (bicyclic) bond motifs is 1. The minimum atomic E-state index is 0.485. The largest absolute Gasteiger partial charge is 0.493 e. The molecule has 0 unspecified atom stereocenters. The summed E-state index contributed by atoms with van der Waals surface area (Å²) in [5.41, 5.74) is 3.33. The highest BCUT2D eigenvalue weighted by Gasteiger charge is 2.29. The fourth-order valence-electron chi connectivity index (χ4n) is 2.56. The van der Waals surface area contributed by atoms with Gasteiger partial charge in [-0.1, -0.05) is 12.1 Å². The van der Waals surface area contributed by atoms with Crippen LogP contribution in [0.25, 0.3) is 16.9 Å². The second kappa shape index (κ2) is 4.85. The maximum absolute atomic E-state index is 8.92. The van der Waals surface area contributed by atoms with Gasteiger partial charge in [0.2, 0.25) is 0 Å². The number of nitriles is 1. The summed E-state index contributed by atoms with van der Waals surface area (Å²) in [7, 11) is 1.64. The summed E-state index contributed by atoms with van der Waals surface area (Å²) in [6.07, 6.45) is 2.32. The highest BCUT2D eigenvalue weighted by atomic mass is 16.5. The van der Waals surface area contributed by atoms with Crippen LogP contribution < -0.4 is 4.74 Å². The molecule has 0 N–H and O–H groups in total. The monoisotopic (exact) mass is 290 g/mol. The van der Waals surface area contributed by atoms with Crippen molar-refractivity contribution < 1.29 is 4.74 Å². The second-order valence-corrected chi connectivity index (χ2v) is 5.46. The van der Waals surface area contributed by atoms with Gasteiger partial charge in [0, 0.05) is 11.5 Å². The lowest BCUT2D eigenvalue weighted by Gasteiger charge is -2.07. The van der Waals surface area contributed by atoms with Crippen molar-refractivity contribution in [1.29, 1.82) is 5.26 Å². The predicted molar refractivity (Wildman–Crippen MR) is 81.7 cm³/mol. The van der Waals surface area contributed by atoms with E-state index < -0.39 is 0 Å². The van der Waals surface area contributed by atoms with Crippen LogP contribution in [-0.4, -0.2) is 21.7 Å². The van der Waals surface area contributed by atoms with E-state index in [9.17, 15) is 0 Å². The first-order chi connectivity index (χ1) is 10.8. The third kappa shape index (κ3) is 2.01. The third-order valence-electron chi connectivity index (χ3n) is 3.94. The van der Waals surface area contributed by atoms with Crippen LogP contribution in [0.2, 0.25) is 0 Å². The Labute approximate surface area is 127 Å². The Morgan fingerprint density at radius 1 is 1.18 bits per heavy atom. The molecule has 0 amide bonds. The molecule has 1 saturated carbocycles. The molecule has 0 atom stereocenters. The smallest absolute Gasteiger partial charge is 0.198 e. The van der Waals surface area contributed by atoms with Gasteiger partial charge >= 0.3 is 0 Å². The lowest BCUT2D eigenvalue weighted by molar-refractivity contribution is 0.416. The lowest BCUT2D eigenvalue weighted by atomic mass is 10.1. The first-order valence-corrected chi connectivity index (χ1v) is 7.24. The maximum atomic E-state index is 8.92. The van der Waals surface area contributed by atoms with E-state index in [0.29, 0.717) is 11.5 Å². The van der Waals surface area contributed by atoms with Crippen LogP contribution in [0.1, 0.15) is 30.1 Å². The van der Waals surface area contributed by atoms with Gasteiger partial charge in [0.15, 0.2) is 17.2 Å². The van der Waals surface area contributed by atoms with Crippen LogP contribution in [0.4, 0.5) is 0 Å². The Balaban J connectivity index is 1.91. The number of nitrogens with zero attached hydrogens (tertiary/aromatic N) is 4. The van der Waals surface area contributed by atoms with Gasteiger partial charge in [-0.05, 0) is 37.1 Å². The van der Waals surface area contributed by atoms with Gasteiger partial charge in [-0.3, -0.25) is 0 Å². The molecule has 4 rings (SSSR count). The number of benzene rings is 1. The fourth-order valence-corrected chi connectivity index (χ4v) is 2.56. The van der Waals surface area contributed by atoms with Crippen molar-refractivity contribution in [1.82, 2.24) is 14.6 Å². The van der Waals surface area contributed by atoms with Crippen LogP contribution in [0, 0.1) is 11.3 Å². The molecule has 3 aromatic rings. The average Bonchev–Trinajstić information content (AvgIpc) is 3.32. The van der Waals surface area contributed by atoms with E-state index in [1.807, 2.05) is 40.9 Å². The van der Waals surface area contributed by atoms with Crippen molar-refractivity contribution in [2.45, 2.75) is 18.8 Å². The molecule has 108 valence electrons. The third-order valence-corrected chi connectivity index (χ3v) is 3.94. The standard InChI is InChI=1S/C17H14N4O/c1-22-15-9-8-14(12-4-2-11(10-18)3-5-12)21-17(15)19-16(20-21)13-6-7-13/h2-5,8-9,13H,6-7H2,1H3. The van der Waals surface area contributed by atoms with Gasteiger partial charge < -0.3 is 4.74 Å². The van der Waals surface area contributed by atoms with Crippen LogP contribution in [0.5, 0.6) is 5.75 Å². The van der Waals surface area contributed by atoms with Crippen LogP contribution in [0.15, 0.2) is 36.4 Å². The molecule has 0 aliphatic heterocycles. The first kappa shape index (κ1) is 12.8. The molecular formula is C17H14N4O. The van der Waals surface area contributed by atoms with Gasteiger partial charge in [-0.15, -0.1) is 0 Å². The molecule has 1 fully saturated rings. The molecule has 2 aromatic heterocycles. The summed E-state index contributed by atoms with van der Waals surface area (Å²) in [5.74, 6) is 2.09. The molecular weight excluding hydrogens is 276 g/mol. The molecule has 5 heteroatoms. The van der Waals surface area contributed by atoms with Crippen LogP contribution in [-0.2, 0) is 0 Å². The topological polar surface area (TPSA) is 63.2 Å². The lowest BCUT2D eigenvalue weighted by Crippen LogP contribution is -1.97. The maximum Gasteiger partial charge on any atom is 0.198 e. The van der Waals surface area contributed by atoms with Crippen LogP contribution in [0.3, 0.4) is 0 Å². The first-order valence-electron chi connectivity index (χ1n) is 7.24. The minimum absolute atomic E-state index is 0.485. The Kier molecular flexibility index (Phi) is 2.83. The minimum Gasteiger partial charge on any atom is -0.493 e. The number of hydrogen-bond donors (Lipinski definition) is 0. The molecule has 0 bridgehead atoms. The Hall–Kier alpha value is -2.87. The summed E-state index contributed by atoms with van der Waals surface area (Å²) in [5, 5.41) is 13.6. The van der Waals surface area contributed by atoms with E-state index in [1.54, 1.807) is 7.11 Å². The zero-order valence-electron chi connectivity index (χ0n) is 12.2. The molecule has 22 heavy (non-hydrogen) atoms. The van der Waals surface area contributed by atoms with Crippen LogP contribution >= 0.6 is 0 Å². The Bertz CT molecular complexity index is 885. The van der Waals surface area contributed by atoms with Crippen molar-refractivity contribution >= 4 is 5.65 Å². The SMILES string of the molecule is COc1ccc(-c2ccc(C#N)cc2)n2nc(C3CC3)nc12. The number of aromatic nitrogens is 3. The summed E-state index contributed by atoms with van der Waals surface area (Å²) < 4.78 is 7.24. The summed E-state index contributed by atoms with van der Waals surface area (Å²) in [6, 6.07) is 13.5. The van der Waals surface area contributed by atoms with Gasteiger partial charge in [0.1, 0.15) is 0 Å². The van der Waals surface area contributed by atoms with Crippen molar-refractivity contribution in [2.24, 2.45) is 0 Å². The number of ether oxygens (including phenoxy) is 1. The number of hydrogen-bond acceptors (Lipinski definition) is 4. The zero-order valence-corrected chi connectivity index (χ0v) is 12.2. The second-order valence-electron chi connectivity index (χ2n) is 5.46. The van der Waals surface area contributed by atoms with Gasteiger partial charge in [-0.2, -0.15) is 10.4 Å². The molecule has 0 spiro atoms. The van der Waals surface area contributed by atoms with Crippen molar-refractivity contribution in [3.05, 3.63) is 47.8 Å². The number of methoxy groups -OCH3 is 1. The predicted octanol–water partition coefficient (Wildman–Crippen LogP) is 3.15. The molecule has 1 aliphatic carbocycles. The number of rotatable bonds is 3. The van der Waals surface area contributed by atoms with E-state index in [1.165, 1.54) is 0 Å². The Morgan fingerprint density at radius 3 is 2.59 bits per heavy atom. The van der Waals surface area contributed by atoms with Crippen molar-refractivity contribution in [3.63, 3.8) is 0 Å². The molecule has 2 heterocycles. The van der Waals surface area contributed by atoms with Crippen molar-refractivity contribution in [2.75, 3.05) is 7.11 Å². The Morgan fingerprint density at radius 2 is 1.95 bits per heavy atom. The van der Waals surface area contributed by atoms with E-state index in [0.717, 1.165) is 41.3 Å². The zero-order chi connectivity index (χ0) is 15.1. The summed E-state index contributed by atoms with van der Waals surface area (Å²) >= 11 is 0. The molecule has 0 saturated heterocycles. The highest BCUT2D eigenvalue weighted by molar-refractivity contribution is 5.67. The van der Waals surface area contributed by atoms with Crippen molar-refractivity contribution in [3.8, 4) is 23.1 Å². The molecule has 0 radical (unpaired) electrons. The normalized spacial score (nSPS) is 14.0. The highest BCUT2D eigenvalue weighted by Crippen LogP contribution is 2.39. The quantitative estimate of drug-likeness (QED) is 0.743. The van der Waals surface area contributed by atoms with Gasteiger partial charge in [0.05, 0.1) is 24.4 Å². The molecule has 1 aliphatic rings. The summed E-state index contributed by atoms with van der Waals surface area (Å²) in [6.45, 7) is 0. The van der Waals surface area contributed by atoms with E-state index in [2.05, 4.69) is 16.2 Å². The molecule has 1 aromatic carbocycles. The van der Waals surface area contributed by atoms with E-state index in [-0.39, 0.29) is 0 Å².